The van der Waals surface area contributed by atoms with Gasteiger partial charge in [0, 0.05) is 25.7 Å². The van der Waals surface area contributed by atoms with Crippen molar-refractivity contribution in [3.8, 4) is 0 Å². The lowest BCUT2D eigenvalue weighted by Crippen LogP contribution is -2.30. The van der Waals surface area contributed by atoms with Crippen LogP contribution >= 0.6 is 15.6 Å². The Kier molecular flexibility index (Phi) is 72.7. The standard InChI is InChI=1S/C83H148O17P2/c1-5-9-13-17-21-25-29-33-35-37-38-40-42-46-48-52-56-60-64-68-81(86)94-74-79(100-83(88)70-66-62-58-54-50-44-32-28-24-20-16-12-8-4)76-98-102(91,92)96-72-77(84)71-95-101(89,90)97-75-78(99-82(87)69-65-61-57-53-49-43-31-27-23-19-15-11-7-3)73-93-80(85)67-63-59-55-51-47-45-41-39-36-34-30-26-22-18-14-10-6-2/h10,14,21-22,25-27,31,33-36,38,40,77-79,84H,5-9,11-13,15-20,23-24,28-30,32,37,39,41-76H2,1-4H3,(H,89,90)(H,91,92)/b14-10-,25-21-,26-22-,31-27-,35-33-,36-34-,40-38-. The molecule has 0 rings (SSSR count). The Morgan fingerprint density at radius 3 is 0.824 bits per heavy atom. The number of rotatable bonds is 77. The summed E-state index contributed by atoms with van der Waals surface area (Å²) in [7, 11) is -9.95. The minimum Gasteiger partial charge on any atom is -0.462 e. The molecule has 3 N–H and O–H groups in total. The van der Waals surface area contributed by atoms with Gasteiger partial charge in [0.15, 0.2) is 12.2 Å². The summed E-state index contributed by atoms with van der Waals surface area (Å²) in [5.41, 5.74) is 0. The highest BCUT2D eigenvalue weighted by atomic mass is 31.2. The van der Waals surface area contributed by atoms with Gasteiger partial charge in [-0.1, -0.05) is 299 Å². The smallest absolute Gasteiger partial charge is 0.462 e. The molecule has 0 fully saturated rings. The number of aliphatic hydroxyl groups is 1. The van der Waals surface area contributed by atoms with Gasteiger partial charge in [0.1, 0.15) is 19.3 Å². The van der Waals surface area contributed by atoms with Gasteiger partial charge in [-0.15, -0.1) is 0 Å². The van der Waals surface area contributed by atoms with E-state index in [-0.39, 0.29) is 25.7 Å². The van der Waals surface area contributed by atoms with Crippen molar-refractivity contribution in [2.24, 2.45) is 0 Å². The van der Waals surface area contributed by atoms with Gasteiger partial charge in [0.25, 0.3) is 0 Å². The van der Waals surface area contributed by atoms with Crippen molar-refractivity contribution in [1.29, 1.82) is 0 Å². The van der Waals surface area contributed by atoms with Crippen LogP contribution in [0.2, 0.25) is 0 Å². The summed E-state index contributed by atoms with van der Waals surface area (Å²) < 4.78 is 68.6. The zero-order valence-corrected chi connectivity index (χ0v) is 66.6. The molecule has 0 aliphatic carbocycles. The molecule has 0 spiro atoms. The van der Waals surface area contributed by atoms with Gasteiger partial charge >= 0.3 is 39.5 Å². The van der Waals surface area contributed by atoms with Crippen molar-refractivity contribution in [1.82, 2.24) is 0 Å². The summed E-state index contributed by atoms with van der Waals surface area (Å²) in [5, 5.41) is 10.6. The first-order valence-corrected chi connectivity index (χ1v) is 43.8. The van der Waals surface area contributed by atoms with Gasteiger partial charge in [-0.2, -0.15) is 0 Å². The molecule has 0 aromatic heterocycles. The second-order valence-electron chi connectivity index (χ2n) is 27.3. The molecule has 0 heterocycles. The third-order valence-electron chi connectivity index (χ3n) is 17.3. The van der Waals surface area contributed by atoms with Gasteiger partial charge in [-0.05, 0) is 122 Å². The van der Waals surface area contributed by atoms with E-state index in [4.69, 9.17) is 37.0 Å². The van der Waals surface area contributed by atoms with Crippen LogP contribution in [-0.4, -0.2) is 96.7 Å². The minimum absolute atomic E-state index is 0.0844. The van der Waals surface area contributed by atoms with Crippen LogP contribution in [0.5, 0.6) is 0 Å². The van der Waals surface area contributed by atoms with Gasteiger partial charge in [-0.25, -0.2) is 9.13 Å². The van der Waals surface area contributed by atoms with Crippen molar-refractivity contribution >= 4 is 39.5 Å². The minimum atomic E-state index is -4.98. The predicted octanol–water partition coefficient (Wildman–Crippen LogP) is 23.8. The molecule has 0 amide bonds. The van der Waals surface area contributed by atoms with Gasteiger partial charge < -0.3 is 33.8 Å². The highest BCUT2D eigenvalue weighted by Gasteiger charge is 2.30. The van der Waals surface area contributed by atoms with Crippen molar-refractivity contribution in [3.63, 3.8) is 0 Å². The number of hydrogen-bond acceptors (Lipinski definition) is 15. The van der Waals surface area contributed by atoms with Crippen LogP contribution in [0.25, 0.3) is 0 Å². The van der Waals surface area contributed by atoms with E-state index in [1.807, 2.05) is 0 Å². The number of phosphoric ester groups is 2. The van der Waals surface area contributed by atoms with Gasteiger partial charge in [0.05, 0.1) is 26.4 Å². The lowest BCUT2D eigenvalue weighted by Gasteiger charge is -2.21. The first kappa shape index (κ1) is 98.2. The summed E-state index contributed by atoms with van der Waals surface area (Å²) in [4.78, 5) is 73.0. The number of phosphoric acid groups is 2. The van der Waals surface area contributed by atoms with E-state index in [1.54, 1.807) is 0 Å². The van der Waals surface area contributed by atoms with E-state index in [9.17, 15) is 43.2 Å². The Balaban J connectivity index is 5.32. The maximum atomic E-state index is 13.1. The highest BCUT2D eigenvalue weighted by molar-refractivity contribution is 7.47. The number of carbonyl (C=O) groups is 4. The fourth-order valence-electron chi connectivity index (χ4n) is 11.1. The molecular formula is C83H148O17P2. The number of allylic oxidation sites excluding steroid dienone is 14. The van der Waals surface area contributed by atoms with Crippen LogP contribution in [0.15, 0.2) is 85.1 Å². The van der Waals surface area contributed by atoms with E-state index in [0.717, 1.165) is 186 Å². The second kappa shape index (κ2) is 75.5. The fraction of sp³-hybridized carbons (Fsp3) is 0.783. The van der Waals surface area contributed by atoms with E-state index in [2.05, 4.69) is 113 Å². The Labute approximate surface area is 621 Å². The second-order valence-corrected chi connectivity index (χ2v) is 30.2. The zero-order chi connectivity index (χ0) is 74.6. The number of carbonyl (C=O) groups excluding carboxylic acids is 4. The first-order valence-electron chi connectivity index (χ1n) is 40.8. The molecule has 102 heavy (non-hydrogen) atoms. The molecule has 0 aromatic rings. The lowest BCUT2D eigenvalue weighted by atomic mass is 10.0. The summed E-state index contributed by atoms with van der Waals surface area (Å²) in [6.45, 7) is 4.75. The SMILES string of the molecule is CC/C=C\C/C=C\C/C=C\CCCCCCCCCC(=O)OCC(COP(=O)(O)OCC(O)COP(=O)(O)OCC(COC(=O)CCCCCCCC/C=C\C/C=C\C/C=C\CCCCC)OC(=O)CCCCCCCCCCCCCCC)OC(=O)CCCCCCC/C=C\CCCCCC. The quantitative estimate of drug-likeness (QED) is 0.0169. The average molecular weight is 1480 g/mol. The number of aliphatic hydroxyl groups excluding tert-OH is 1. The van der Waals surface area contributed by atoms with Crippen LogP contribution in [0.1, 0.15) is 362 Å². The summed E-state index contributed by atoms with van der Waals surface area (Å²) in [5.74, 6) is -2.18. The average Bonchev–Trinajstić information content (AvgIpc) is 0.907. The van der Waals surface area contributed by atoms with Crippen molar-refractivity contribution in [2.75, 3.05) is 39.6 Å². The van der Waals surface area contributed by atoms with Crippen molar-refractivity contribution in [2.45, 2.75) is 380 Å². The maximum absolute atomic E-state index is 13.1. The molecule has 0 saturated heterocycles. The van der Waals surface area contributed by atoms with Crippen LogP contribution in [0.4, 0.5) is 0 Å². The number of hydrogen-bond donors (Lipinski definition) is 3. The van der Waals surface area contributed by atoms with Crippen LogP contribution < -0.4 is 0 Å². The Morgan fingerprint density at radius 2 is 0.510 bits per heavy atom. The largest absolute Gasteiger partial charge is 0.472 e. The maximum Gasteiger partial charge on any atom is 0.472 e. The van der Waals surface area contributed by atoms with Crippen LogP contribution in [0, 0.1) is 0 Å². The van der Waals surface area contributed by atoms with Crippen molar-refractivity contribution in [3.05, 3.63) is 85.1 Å². The number of ether oxygens (including phenoxy) is 4. The molecule has 5 unspecified atom stereocenters. The Bertz CT molecular complexity index is 2260. The molecule has 0 aliphatic rings. The summed E-state index contributed by atoms with van der Waals surface area (Å²) in [6.07, 6.45) is 78.4. The Morgan fingerprint density at radius 1 is 0.284 bits per heavy atom. The van der Waals surface area contributed by atoms with E-state index in [0.29, 0.717) is 25.7 Å². The van der Waals surface area contributed by atoms with E-state index < -0.39 is 97.5 Å². The van der Waals surface area contributed by atoms with Crippen LogP contribution in [0.3, 0.4) is 0 Å². The molecule has 17 nitrogen and oxygen atoms in total. The third kappa shape index (κ3) is 74.5. The molecule has 0 radical (unpaired) electrons. The normalized spacial score (nSPS) is 14.3. The topological polar surface area (TPSA) is 237 Å². The number of esters is 4. The van der Waals surface area contributed by atoms with Gasteiger partial charge in [0.2, 0.25) is 0 Å². The van der Waals surface area contributed by atoms with Crippen molar-refractivity contribution < 1.29 is 80.2 Å². The molecule has 19 heteroatoms. The lowest BCUT2D eigenvalue weighted by molar-refractivity contribution is -0.161. The molecule has 5 atom stereocenters. The van der Waals surface area contributed by atoms with E-state index >= 15 is 0 Å². The fourth-order valence-corrected chi connectivity index (χ4v) is 12.7. The molecular weight excluding hydrogens is 1330 g/mol. The number of unbranched alkanes of at least 4 members (excludes halogenated alkanes) is 37. The summed E-state index contributed by atoms with van der Waals surface area (Å²) in [6, 6.07) is 0. The molecule has 0 aliphatic heterocycles. The molecule has 592 valence electrons. The van der Waals surface area contributed by atoms with Gasteiger partial charge in [-0.3, -0.25) is 37.3 Å². The molecule has 0 bridgehead atoms. The Hall–Kier alpha value is -3.76. The zero-order valence-electron chi connectivity index (χ0n) is 64.8. The predicted molar refractivity (Wildman–Crippen MR) is 418 cm³/mol. The monoisotopic (exact) mass is 1480 g/mol. The molecule has 0 saturated carbocycles. The van der Waals surface area contributed by atoms with E-state index in [1.165, 1.54) is 96.3 Å². The third-order valence-corrected chi connectivity index (χ3v) is 19.2. The molecule has 0 aromatic carbocycles. The highest BCUT2D eigenvalue weighted by Crippen LogP contribution is 2.45. The van der Waals surface area contributed by atoms with Crippen LogP contribution in [-0.2, 0) is 65.4 Å². The summed E-state index contributed by atoms with van der Waals surface area (Å²) >= 11 is 0. The first-order chi connectivity index (χ1) is 49.7.